The van der Waals surface area contributed by atoms with Gasteiger partial charge in [0.1, 0.15) is 6.26 Å². The zero-order chi connectivity index (χ0) is 13.1. The number of hydrogen-bond acceptors (Lipinski definition) is 4. The third-order valence-corrected chi connectivity index (χ3v) is 2.27. The van der Waals surface area contributed by atoms with Crippen molar-refractivity contribution in [1.82, 2.24) is 10.3 Å². The van der Waals surface area contributed by atoms with Crippen LogP contribution in [-0.4, -0.2) is 24.6 Å². The fraction of sp³-hybridized carbons (Fsp3) is 0.769. The molecule has 0 bridgehead atoms. The van der Waals surface area contributed by atoms with E-state index < -0.39 is 0 Å². The average molecular weight is 239 g/mol. The molecule has 4 nitrogen and oxygen atoms in total. The van der Waals surface area contributed by atoms with Gasteiger partial charge in [0.2, 0.25) is 0 Å². The summed E-state index contributed by atoms with van der Waals surface area (Å²) in [6.45, 7) is 12.5. The zero-order valence-electron chi connectivity index (χ0n) is 11.9. The van der Waals surface area contributed by atoms with E-state index in [9.17, 15) is 0 Å². The second-order valence-corrected chi connectivity index (χ2v) is 6.07. The molecule has 1 aromatic rings. The van der Waals surface area contributed by atoms with Crippen molar-refractivity contribution in [2.24, 2.45) is 5.41 Å². The molecule has 0 radical (unpaired) electrons. The van der Waals surface area contributed by atoms with Gasteiger partial charge in [0, 0.05) is 26.2 Å². The van der Waals surface area contributed by atoms with E-state index in [0.717, 1.165) is 18.8 Å². The highest BCUT2D eigenvalue weighted by Gasteiger charge is 2.17. The fourth-order valence-corrected chi connectivity index (χ4v) is 1.64. The van der Waals surface area contributed by atoms with Crippen LogP contribution in [0.1, 0.15) is 40.3 Å². The lowest BCUT2D eigenvalue weighted by Gasteiger charge is -2.25. The lowest BCUT2D eigenvalue weighted by atomic mass is 9.96. The van der Waals surface area contributed by atoms with Gasteiger partial charge in [0.25, 0.3) is 6.01 Å². The summed E-state index contributed by atoms with van der Waals surface area (Å²) >= 11 is 0. The van der Waals surface area contributed by atoms with E-state index >= 15 is 0 Å². The highest BCUT2D eigenvalue weighted by molar-refractivity contribution is 5.25. The highest BCUT2D eigenvalue weighted by Crippen LogP contribution is 2.19. The van der Waals surface area contributed by atoms with Gasteiger partial charge >= 0.3 is 0 Å². The van der Waals surface area contributed by atoms with E-state index in [4.69, 9.17) is 4.42 Å². The van der Waals surface area contributed by atoms with Crippen LogP contribution in [0, 0.1) is 5.41 Å². The minimum absolute atomic E-state index is 0.236. The summed E-state index contributed by atoms with van der Waals surface area (Å²) in [6.07, 6.45) is 1.73. The smallest absolute Gasteiger partial charge is 0.297 e. The molecule has 1 aromatic heterocycles. The predicted molar refractivity (Wildman–Crippen MR) is 71.2 cm³/mol. The van der Waals surface area contributed by atoms with Crippen LogP contribution in [0.2, 0.25) is 0 Å². The predicted octanol–water partition coefficient (Wildman–Crippen LogP) is 2.65. The Morgan fingerprint density at radius 1 is 1.41 bits per heavy atom. The minimum atomic E-state index is 0.236. The van der Waals surface area contributed by atoms with Gasteiger partial charge in [0.15, 0.2) is 0 Å². The Morgan fingerprint density at radius 3 is 2.59 bits per heavy atom. The van der Waals surface area contributed by atoms with Gasteiger partial charge in [-0.2, -0.15) is 4.98 Å². The van der Waals surface area contributed by atoms with Gasteiger partial charge in [-0.3, -0.25) is 0 Å². The summed E-state index contributed by atoms with van der Waals surface area (Å²) in [6, 6.07) is 1.16. The van der Waals surface area contributed by atoms with Crippen molar-refractivity contribution in [2.45, 2.75) is 47.2 Å². The van der Waals surface area contributed by atoms with Gasteiger partial charge in [-0.15, -0.1) is 0 Å². The van der Waals surface area contributed by atoms with Crippen molar-refractivity contribution in [3.05, 3.63) is 12.0 Å². The number of rotatable bonds is 5. The largest absolute Gasteiger partial charge is 0.432 e. The maximum Gasteiger partial charge on any atom is 0.297 e. The SMILES string of the molecule is CC(C)NCc1coc(N(C)CC(C)(C)C)n1. The Balaban J connectivity index is 2.55. The first-order valence-electron chi connectivity index (χ1n) is 6.17. The van der Waals surface area contributed by atoms with Crippen molar-refractivity contribution in [1.29, 1.82) is 0 Å². The molecule has 0 unspecified atom stereocenters. The molecule has 1 rings (SSSR count). The number of nitrogens with one attached hydrogen (secondary N) is 1. The molecule has 0 aromatic carbocycles. The molecule has 0 aliphatic rings. The number of aromatic nitrogens is 1. The van der Waals surface area contributed by atoms with Gasteiger partial charge < -0.3 is 14.6 Å². The topological polar surface area (TPSA) is 41.3 Å². The minimum Gasteiger partial charge on any atom is -0.432 e. The Bertz CT molecular complexity index is 339. The van der Waals surface area contributed by atoms with Crippen LogP contribution >= 0.6 is 0 Å². The van der Waals surface area contributed by atoms with Crippen molar-refractivity contribution in [2.75, 3.05) is 18.5 Å². The van der Waals surface area contributed by atoms with E-state index in [1.165, 1.54) is 0 Å². The van der Waals surface area contributed by atoms with E-state index in [0.29, 0.717) is 12.1 Å². The zero-order valence-corrected chi connectivity index (χ0v) is 11.9. The fourth-order valence-electron chi connectivity index (χ4n) is 1.64. The molecule has 1 N–H and O–H groups in total. The molecule has 0 spiro atoms. The maximum atomic E-state index is 5.48. The van der Waals surface area contributed by atoms with Gasteiger partial charge in [-0.25, -0.2) is 0 Å². The monoisotopic (exact) mass is 239 g/mol. The summed E-state index contributed by atoms with van der Waals surface area (Å²) in [5, 5.41) is 3.32. The molecule has 0 amide bonds. The quantitative estimate of drug-likeness (QED) is 0.857. The number of anilines is 1. The van der Waals surface area contributed by atoms with Crippen LogP contribution < -0.4 is 10.2 Å². The van der Waals surface area contributed by atoms with Crippen molar-refractivity contribution < 1.29 is 4.42 Å². The Labute approximate surface area is 104 Å². The molecule has 0 saturated heterocycles. The first-order valence-corrected chi connectivity index (χ1v) is 6.17. The van der Waals surface area contributed by atoms with Crippen LogP contribution in [0.25, 0.3) is 0 Å². The third kappa shape index (κ3) is 5.22. The van der Waals surface area contributed by atoms with E-state index in [1.54, 1.807) is 6.26 Å². The van der Waals surface area contributed by atoms with E-state index in [1.807, 2.05) is 7.05 Å². The standard InChI is InChI=1S/C13H25N3O/c1-10(2)14-7-11-8-17-12(15-11)16(6)9-13(3,4)5/h8,10,14H,7,9H2,1-6H3. The lowest BCUT2D eigenvalue weighted by molar-refractivity contribution is 0.403. The molecule has 17 heavy (non-hydrogen) atoms. The van der Waals surface area contributed by atoms with Crippen molar-refractivity contribution >= 4 is 6.01 Å². The lowest BCUT2D eigenvalue weighted by Crippen LogP contribution is -2.29. The number of hydrogen-bond donors (Lipinski definition) is 1. The molecular formula is C13H25N3O. The van der Waals surface area contributed by atoms with E-state index in [-0.39, 0.29) is 5.41 Å². The Hall–Kier alpha value is -1.03. The van der Waals surface area contributed by atoms with Crippen molar-refractivity contribution in [3.63, 3.8) is 0 Å². The number of nitrogens with zero attached hydrogens (tertiary/aromatic N) is 2. The van der Waals surface area contributed by atoms with Gasteiger partial charge in [-0.1, -0.05) is 34.6 Å². The van der Waals surface area contributed by atoms with E-state index in [2.05, 4.69) is 49.8 Å². The molecule has 4 heteroatoms. The highest BCUT2D eigenvalue weighted by atomic mass is 16.4. The second kappa shape index (κ2) is 5.54. The molecule has 98 valence electrons. The summed E-state index contributed by atoms with van der Waals surface area (Å²) in [7, 11) is 2.01. The summed E-state index contributed by atoms with van der Waals surface area (Å²) in [4.78, 5) is 6.52. The first-order chi connectivity index (χ1) is 7.78. The van der Waals surface area contributed by atoms with Crippen molar-refractivity contribution in [3.8, 4) is 0 Å². The maximum absolute atomic E-state index is 5.48. The second-order valence-electron chi connectivity index (χ2n) is 6.07. The number of oxazole rings is 1. The van der Waals surface area contributed by atoms with Gasteiger partial charge in [-0.05, 0) is 5.41 Å². The third-order valence-electron chi connectivity index (χ3n) is 2.27. The molecule has 1 heterocycles. The molecule has 0 atom stereocenters. The van der Waals surface area contributed by atoms with Crippen LogP contribution in [-0.2, 0) is 6.54 Å². The summed E-state index contributed by atoms with van der Waals surface area (Å²) < 4.78 is 5.48. The molecular weight excluding hydrogens is 214 g/mol. The van der Waals surface area contributed by atoms with Crippen LogP contribution in [0.3, 0.4) is 0 Å². The summed E-state index contributed by atoms with van der Waals surface area (Å²) in [5.74, 6) is 0. The Kier molecular flexibility index (Phi) is 4.57. The molecule has 0 saturated carbocycles. The molecule has 0 aliphatic heterocycles. The summed E-state index contributed by atoms with van der Waals surface area (Å²) in [5.41, 5.74) is 1.19. The van der Waals surface area contributed by atoms with Crippen LogP contribution in [0.4, 0.5) is 6.01 Å². The van der Waals surface area contributed by atoms with Gasteiger partial charge in [0.05, 0.1) is 5.69 Å². The van der Waals surface area contributed by atoms with Crippen LogP contribution in [0.15, 0.2) is 10.7 Å². The normalized spacial score (nSPS) is 12.2. The Morgan fingerprint density at radius 2 is 2.06 bits per heavy atom. The molecule has 0 aliphatic carbocycles. The van der Waals surface area contributed by atoms with Crippen LogP contribution in [0.5, 0.6) is 0 Å². The first kappa shape index (κ1) is 14.0. The average Bonchev–Trinajstić information content (AvgIpc) is 2.60. The molecule has 0 fully saturated rings.